The summed E-state index contributed by atoms with van der Waals surface area (Å²) in [7, 11) is 0. The summed E-state index contributed by atoms with van der Waals surface area (Å²) in [5, 5.41) is 16.3. The molecule has 8 nitrogen and oxygen atoms in total. The predicted octanol–water partition coefficient (Wildman–Crippen LogP) is 4.45. The number of carboxylic acids is 1. The van der Waals surface area contributed by atoms with Crippen LogP contribution < -0.4 is 4.90 Å². The summed E-state index contributed by atoms with van der Waals surface area (Å²) in [6, 6.07) is 2.17. The largest absolute Gasteiger partial charge is 0.477 e. The maximum absolute atomic E-state index is 12.1. The molecule has 0 aromatic carbocycles. The molecule has 2 aliphatic carbocycles. The van der Waals surface area contributed by atoms with Gasteiger partial charge in [-0.3, -0.25) is 4.90 Å². The lowest BCUT2D eigenvalue weighted by Gasteiger charge is -2.37. The van der Waals surface area contributed by atoms with E-state index in [0.29, 0.717) is 17.9 Å². The summed E-state index contributed by atoms with van der Waals surface area (Å²) < 4.78 is 7.64. The number of carbonyl (C=O) groups is 1. The highest BCUT2D eigenvalue weighted by molar-refractivity contribution is 5.98. The van der Waals surface area contributed by atoms with Crippen LogP contribution in [0.3, 0.4) is 0 Å². The molecule has 2 aromatic rings. The second-order valence-electron chi connectivity index (χ2n) is 11.1. The number of carboxylic acid groups (broad SMARTS) is 1. The molecule has 0 amide bonds. The summed E-state index contributed by atoms with van der Waals surface area (Å²) in [6.45, 7) is 6.85. The maximum Gasteiger partial charge on any atom is 0.354 e. The van der Waals surface area contributed by atoms with Gasteiger partial charge < -0.3 is 14.7 Å². The van der Waals surface area contributed by atoms with Gasteiger partial charge in [-0.1, -0.05) is 25.7 Å². The molecule has 2 aliphatic heterocycles. The van der Waals surface area contributed by atoms with Crippen molar-refractivity contribution in [2.75, 3.05) is 50.8 Å². The first-order valence-electron chi connectivity index (χ1n) is 13.9. The number of anilines is 1. The Balaban J connectivity index is 1.33. The van der Waals surface area contributed by atoms with Crippen LogP contribution in [0.5, 0.6) is 0 Å². The molecular weight excluding hydrogens is 442 g/mol. The van der Waals surface area contributed by atoms with Crippen LogP contribution in [-0.4, -0.2) is 76.7 Å². The van der Waals surface area contributed by atoms with E-state index in [1.807, 2.05) is 6.07 Å². The van der Waals surface area contributed by atoms with E-state index in [0.717, 1.165) is 88.3 Å². The molecule has 4 heterocycles. The Bertz CT molecular complexity index is 1040. The number of piperidine rings is 1. The average molecular weight is 482 g/mol. The monoisotopic (exact) mass is 481 g/mol. The van der Waals surface area contributed by atoms with Crippen LogP contribution in [-0.2, 0) is 4.74 Å². The highest BCUT2D eigenvalue weighted by Crippen LogP contribution is 2.44. The molecule has 0 bridgehead atoms. The molecule has 190 valence electrons. The number of rotatable bonds is 6. The Kier molecular flexibility index (Phi) is 6.67. The minimum Gasteiger partial charge on any atom is -0.477 e. The van der Waals surface area contributed by atoms with Crippen molar-refractivity contribution >= 4 is 22.7 Å². The van der Waals surface area contributed by atoms with Crippen molar-refractivity contribution in [3.63, 3.8) is 0 Å². The second kappa shape index (κ2) is 10.1. The molecule has 6 rings (SSSR count). The van der Waals surface area contributed by atoms with Crippen LogP contribution in [0.4, 0.5) is 5.69 Å². The average Bonchev–Trinajstić information content (AvgIpc) is 3.23. The Morgan fingerprint density at radius 2 is 1.71 bits per heavy atom. The zero-order valence-electron chi connectivity index (χ0n) is 20.8. The Morgan fingerprint density at radius 1 is 0.971 bits per heavy atom. The van der Waals surface area contributed by atoms with Crippen LogP contribution in [0, 0.1) is 5.92 Å². The van der Waals surface area contributed by atoms with Crippen LogP contribution in [0.2, 0.25) is 0 Å². The third-order valence-corrected chi connectivity index (χ3v) is 8.88. The fourth-order valence-electron chi connectivity index (χ4n) is 6.56. The van der Waals surface area contributed by atoms with Crippen molar-refractivity contribution < 1.29 is 14.6 Å². The smallest absolute Gasteiger partial charge is 0.354 e. The van der Waals surface area contributed by atoms with Gasteiger partial charge >= 0.3 is 5.97 Å². The molecule has 0 spiro atoms. The number of aromatic nitrogens is 3. The normalized spacial score (nSPS) is 23.6. The molecule has 4 fully saturated rings. The quantitative estimate of drug-likeness (QED) is 0.652. The number of fused-ring (bicyclic) bond motifs is 1. The summed E-state index contributed by atoms with van der Waals surface area (Å²) in [5.41, 5.74) is 3.19. The maximum atomic E-state index is 12.1. The molecular formula is C27H39N5O3. The van der Waals surface area contributed by atoms with Gasteiger partial charge in [0.25, 0.3) is 0 Å². The highest BCUT2D eigenvalue weighted by Gasteiger charge is 2.33. The summed E-state index contributed by atoms with van der Waals surface area (Å²) in [6.07, 6.45) is 11.8. The molecule has 2 saturated heterocycles. The number of hydrogen-bond acceptors (Lipinski definition) is 6. The van der Waals surface area contributed by atoms with Gasteiger partial charge in [0, 0.05) is 38.6 Å². The van der Waals surface area contributed by atoms with Crippen molar-refractivity contribution in [1.29, 1.82) is 0 Å². The standard InChI is InChI=1S/C27H39N5O3/c33-27(34)22-17-23(31-11-9-19(10-12-31)18-30-13-15-35-16-14-30)24-25(20-5-4-6-20)29-32(26(24)28-22)21-7-2-1-3-8-21/h17,19-21H,1-16,18H2,(H,33,34). The minimum absolute atomic E-state index is 0.153. The van der Waals surface area contributed by atoms with Crippen molar-refractivity contribution in [1.82, 2.24) is 19.7 Å². The van der Waals surface area contributed by atoms with E-state index in [9.17, 15) is 9.90 Å². The predicted molar refractivity (Wildman–Crippen MR) is 135 cm³/mol. The Labute approximate surface area is 207 Å². The lowest BCUT2D eigenvalue weighted by atomic mass is 9.81. The molecule has 0 atom stereocenters. The zero-order valence-corrected chi connectivity index (χ0v) is 20.8. The molecule has 35 heavy (non-hydrogen) atoms. The van der Waals surface area contributed by atoms with E-state index in [-0.39, 0.29) is 5.69 Å². The number of morpholine rings is 1. The first-order chi connectivity index (χ1) is 17.2. The number of nitrogens with zero attached hydrogens (tertiary/aromatic N) is 5. The van der Waals surface area contributed by atoms with Gasteiger partial charge in [0.2, 0.25) is 0 Å². The molecule has 2 aromatic heterocycles. The van der Waals surface area contributed by atoms with Crippen molar-refractivity contribution in [2.45, 2.75) is 76.2 Å². The van der Waals surface area contributed by atoms with Gasteiger partial charge in [0.15, 0.2) is 11.3 Å². The van der Waals surface area contributed by atoms with E-state index < -0.39 is 5.97 Å². The Morgan fingerprint density at radius 3 is 2.37 bits per heavy atom. The van der Waals surface area contributed by atoms with Gasteiger partial charge in [0.1, 0.15) is 0 Å². The fourth-order valence-corrected chi connectivity index (χ4v) is 6.56. The molecule has 0 radical (unpaired) electrons. The van der Waals surface area contributed by atoms with Crippen LogP contribution in [0.25, 0.3) is 11.0 Å². The van der Waals surface area contributed by atoms with Gasteiger partial charge in [-0.2, -0.15) is 5.10 Å². The van der Waals surface area contributed by atoms with E-state index >= 15 is 0 Å². The topological polar surface area (TPSA) is 83.7 Å². The number of hydrogen-bond donors (Lipinski definition) is 1. The van der Waals surface area contributed by atoms with Gasteiger partial charge in [-0.05, 0) is 50.5 Å². The van der Waals surface area contributed by atoms with Crippen molar-refractivity contribution in [3.8, 4) is 0 Å². The van der Waals surface area contributed by atoms with Gasteiger partial charge in [-0.15, -0.1) is 0 Å². The summed E-state index contributed by atoms with van der Waals surface area (Å²) in [4.78, 5) is 21.8. The van der Waals surface area contributed by atoms with Crippen LogP contribution >= 0.6 is 0 Å². The molecule has 0 unspecified atom stereocenters. The second-order valence-corrected chi connectivity index (χ2v) is 11.1. The number of pyridine rings is 1. The van der Waals surface area contributed by atoms with Crippen molar-refractivity contribution in [2.24, 2.45) is 5.92 Å². The van der Waals surface area contributed by atoms with E-state index in [4.69, 9.17) is 14.8 Å². The zero-order chi connectivity index (χ0) is 23.8. The Hall–Kier alpha value is -2.19. The van der Waals surface area contributed by atoms with Crippen molar-refractivity contribution in [3.05, 3.63) is 17.5 Å². The number of ether oxygens (including phenoxy) is 1. The van der Waals surface area contributed by atoms with Crippen LogP contribution in [0.15, 0.2) is 6.07 Å². The summed E-state index contributed by atoms with van der Waals surface area (Å²) >= 11 is 0. The van der Waals surface area contributed by atoms with E-state index in [1.54, 1.807) is 0 Å². The van der Waals surface area contributed by atoms with Crippen LogP contribution in [0.1, 0.15) is 92.4 Å². The molecule has 1 N–H and O–H groups in total. The lowest BCUT2D eigenvalue weighted by molar-refractivity contribution is 0.0289. The lowest BCUT2D eigenvalue weighted by Crippen LogP contribution is -2.43. The molecule has 8 heteroatoms. The first-order valence-corrected chi connectivity index (χ1v) is 13.9. The minimum atomic E-state index is -0.947. The highest BCUT2D eigenvalue weighted by atomic mass is 16.5. The molecule has 4 aliphatic rings. The molecule has 2 saturated carbocycles. The third kappa shape index (κ3) is 4.67. The van der Waals surface area contributed by atoms with Gasteiger partial charge in [0.05, 0.1) is 36.0 Å². The van der Waals surface area contributed by atoms with E-state index in [1.165, 1.54) is 44.2 Å². The van der Waals surface area contributed by atoms with Gasteiger partial charge in [-0.25, -0.2) is 14.5 Å². The third-order valence-electron chi connectivity index (χ3n) is 8.88. The summed E-state index contributed by atoms with van der Waals surface area (Å²) in [5.74, 6) is 0.228. The first kappa shape index (κ1) is 23.2. The fraction of sp³-hybridized carbons (Fsp3) is 0.741. The SMILES string of the molecule is O=C(O)c1cc(N2CCC(CN3CCOCC3)CC2)c2c(C3CCC3)nn(C3CCCCC3)c2n1. The van der Waals surface area contributed by atoms with E-state index in [2.05, 4.69) is 14.5 Å². The number of aromatic carboxylic acids is 1.